The van der Waals surface area contributed by atoms with Crippen molar-refractivity contribution in [3.05, 3.63) is 78.6 Å². The van der Waals surface area contributed by atoms with Crippen LogP contribution in [0.15, 0.2) is 53.0 Å². The lowest BCUT2D eigenvalue weighted by atomic mass is 10.1. The van der Waals surface area contributed by atoms with Crippen LogP contribution in [0.1, 0.15) is 15.4 Å². The van der Waals surface area contributed by atoms with Crippen LogP contribution in [-0.4, -0.2) is 9.91 Å². The third-order valence-electron chi connectivity index (χ3n) is 3.66. The fourth-order valence-corrected chi connectivity index (χ4v) is 3.59. The first-order valence-electron chi connectivity index (χ1n) is 7.58. The van der Waals surface area contributed by atoms with Gasteiger partial charge in [0.15, 0.2) is 0 Å². The third-order valence-corrected chi connectivity index (χ3v) is 5.19. The highest BCUT2D eigenvalue weighted by atomic mass is 79.9. The zero-order chi connectivity index (χ0) is 18.7. The zero-order valence-corrected chi connectivity index (χ0v) is 16.0. The molecule has 0 spiro atoms. The molecular formula is C19H12BrN3O2S. The van der Waals surface area contributed by atoms with Crippen LogP contribution in [0.5, 0.6) is 0 Å². The molecule has 0 unspecified atom stereocenters. The van der Waals surface area contributed by atoms with Gasteiger partial charge >= 0.3 is 0 Å². The van der Waals surface area contributed by atoms with Gasteiger partial charge in [0.1, 0.15) is 11.1 Å². The summed E-state index contributed by atoms with van der Waals surface area (Å²) in [7, 11) is 0. The van der Waals surface area contributed by atoms with Crippen molar-refractivity contribution in [2.75, 3.05) is 0 Å². The van der Waals surface area contributed by atoms with Gasteiger partial charge in [-0.1, -0.05) is 40.2 Å². The Bertz CT molecular complexity index is 1050. The zero-order valence-electron chi connectivity index (χ0n) is 13.6. The lowest BCUT2D eigenvalue weighted by Crippen LogP contribution is -1.88. The number of non-ortho nitro benzene ring substituents is 1. The Morgan fingerprint density at radius 3 is 2.69 bits per heavy atom. The van der Waals surface area contributed by atoms with E-state index < -0.39 is 4.92 Å². The van der Waals surface area contributed by atoms with Gasteiger partial charge in [0.05, 0.1) is 16.2 Å². The normalized spacial score (nSPS) is 11.2. The van der Waals surface area contributed by atoms with Crippen molar-refractivity contribution in [1.29, 1.82) is 5.26 Å². The summed E-state index contributed by atoms with van der Waals surface area (Å²) in [6.07, 6.45) is 1.62. The van der Waals surface area contributed by atoms with E-state index in [4.69, 9.17) is 0 Å². The number of nitro benzene ring substituents is 1. The molecule has 7 heteroatoms. The van der Waals surface area contributed by atoms with Crippen molar-refractivity contribution < 1.29 is 4.92 Å². The van der Waals surface area contributed by atoms with E-state index in [9.17, 15) is 15.4 Å². The molecule has 0 saturated carbocycles. The molecule has 0 N–H and O–H groups in total. The van der Waals surface area contributed by atoms with Gasteiger partial charge in [-0.2, -0.15) is 5.26 Å². The number of halogens is 1. The van der Waals surface area contributed by atoms with E-state index in [1.54, 1.807) is 18.2 Å². The molecule has 3 aromatic rings. The molecule has 3 rings (SSSR count). The first-order valence-corrected chi connectivity index (χ1v) is 9.19. The second-order valence-corrected chi connectivity index (χ2v) is 7.57. The van der Waals surface area contributed by atoms with Gasteiger partial charge in [-0.25, -0.2) is 4.98 Å². The second kappa shape index (κ2) is 7.60. The number of benzene rings is 2. The van der Waals surface area contributed by atoms with Gasteiger partial charge < -0.3 is 0 Å². The molecule has 0 amide bonds. The van der Waals surface area contributed by atoms with E-state index in [-0.39, 0.29) is 5.69 Å². The first kappa shape index (κ1) is 18.0. The number of nitrogens with zero attached hydrogens (tertiary/aromatic N) is 3. The van der Waals surface area contributed by atoms with E-state index >= 15 is 0 Å². The van der Waals surface area contributed by atoms with Gasteiger partial charge in [-0.15, -0.1) is 11.3 Å². The summed E-state index contributed by atoms with van der Waals surface area (Å²) < 4.78 is 0.984. The summed E-state index contributed by atoms with van der Waals surface area (Å²) in [5, 5.41) is 21.0. The molecule has 0 aliphatic rings. The molecule has 0 aliphatic carbocycles. The van der Waals surface area contributed by atoms with Crippen LogP contribution in [-0.2, 0) is 0 Å². The highest BCUT2D eigenvalue weighted by molar-refractivity contribution is 9.10. The fourth-order valence-electron chi connectivity index (χ4n) is 2.42. The molecule has 2 aromatic carbocycles. The van der Waals surface area contributed by atoms with Gasteiger partial charge in [0, 0.05) is 27.0 Å². The smallest absolute Gasteiger partial charge is 0.258 e. The minimum Gasteiger partial charge on any atom is -0.258 e. The maximum absolute atomic E-state index is 10.9. The molecule has 0 saturated heterocycles. The topological polar surface area (TPSA) is 79.8 Å². The van der Waals surface area contributed by atoms with Gasteiger partial charge in [0.2, 0.25) is 0 Å². The van der Waals surface area contributed by atoms with Crippen molar-refractivity contribution in [3.8, 4) is 17.3 Å². The van der Waals surface area contributed by atoms with E-state index in [0.29, 0.717) is 16.1 Å². The SMILES string of the molecule is Cc1sc(/C(C#N)=C\c2cccc([N+](=O)[O-])c2)nc1-c1ccc(Br)cc1. The minimum absolute atomic E-state index is 0.0121. The van der Waals surface area contributed by atoms with Crippen molar-refractivity contribution in [2.45, 2.75) is 6.92 Å². The molecule has 0 atom stereocenters. The fraction of sp³-hybridized carbons (Fsp3) is 0.0526. The summed E-state index contributed by atoms with van der Waals surface area (Å²) in [5.41, 5.74) is 2.76. The van der Waals surface area contributed by atoms with Crippen molar-refractivity contribution in [3.63, 3.8) is 0 Å². The molecule has 0 radical (unpaired) electrons. The summed E-state index contributed by atoms with van der Waals surface area (Å²) in [6.45, 7) is 1.96. The Kier molecular flexibility index (Phi) is 5.26. The van der Waals surface area contributed by atoms with E-state index in [2.05, 4.69) is 27.0 Å². The molecular weight excluding hydrogens is 414 g/mol. The molecule has 0 aliphatic heterocycles. The Morgan fingerprint density at radius 2 is 2.04 bits per heavy atom. The van der Waals surface area contributed by atoms with Crippen molar-refractivity contribution in [2.24, 2.45) is 0 Å². The van der Waals surface area contributed by atoms with Gasteiger partial charge in [-0.05, 0) is 30.7 Å². The highest BCUT2D eigenvalue weighted by Crippen LogP contribution is 2.32. The number of hydrogen-bond acceptors (Lipinski definition) is 5. The van der Waals surface area contributed by atoms with E-state index in [1.807, 2.05) is 31.2 Å². The van der Waals surface area contributed by atoms with Crippen LogP contribution in [0.4, 0.5) is 5.69 Å². The highest BCUT2D eigenvalue weighted by Gasteiger charge is 2.14. The summed E-state index contributed by atoms with van der Waals surface area (Å²) in [6, 6.07) is 16.1. The number of allylic oxidation sites excluding steroid dienone is 1. The standard InChI is InChI=1S/C19H12BrN3O2S/c1-12-18(14-5-7-16(20)8-6-14)22-19(26-12)15(11-21)9-13-3-2-4-17(10-13)23(24)25/h2-10H,1H3/b15-9-. The number of aromatic nitrogens is 1. The van der Waals surface area contributed by atoms with Crippen LogP contribution >= 0.6 is 27.3 Å². The molecule has 1 aromatic heterocycles. The Labute approximate surface area is 162 Å². The largest absolute Gasteiger partial charge is 0.270 e. The van der Waals surface area contributed by atoms with E-state index in [1.165, 1.54) is 23.5 Å². The minimum atomic E-state index is -0.456. The molecule has 128 valence electrons. The Morgan fingerprint density at radius 1 is 1.31 bits per heavy atom. The lowest BCUT2D eigenvalue weighted by Gasteiger charge is -1.98. The monoisotopic (exact) mass is 425 g/mol. The summed E-state index contributed by atoms with van der Waals surface area (Å²) >= 11 is 4.84. The van der Waals surface area contributed by atoms with Gasteiger partial charge in [-0.3, -0.25) is 10.1 Å². The molecule has 0 bridgehead atoms. The third kappa shape index (κ3) is 3.87. The Balaban J connectivity index is 2.00. The number of nitriles is 1. The van der Waals surface area contributed by atoms with Crippen LogP contribution in [0.2, 0.25) is 0 Å². The van der Waals surface area contributed by atoms with Crippen LogP contribution in [0.3, 0.4) is 0 Å². The number of hydrogen-bond donors (Lipinski definition) is 0. The molecule has 26 heavy (non-hydrogen) atoms. The molecule has 0 fully saturated rings. The van der Waals surface area contributed by atoms with Crippen molar-refractivity contribution in [1.82, 2.24) is 4.98 Å². The summed E-state index contributed by atoms with van der Waals surface area (Å²) in [5.74, 6) is 0. The van der Waals surface area contributed by atoms with Crippen molar-refractivity contribution >= 4 is 44.6 Å². The second-order valence-electron chi connectivity index (χ2n) is 5.45. The van der Waals surface area contributed by atoms with Crippen LogP contribution < -0.4 is 0 Å². The lowest BCUT2D eigenvalue weighted by molar-refractivity contribution is -0.384. The summed E-state index contributed by atoms with van der Waals surface area (Å²) in [4.78, 5) is 16.1. The average Bonchev–Trinajstić information content (AvgIpc) is 3.02. The van der Waals surface area contributed by atoms with E-state index in [0.717, 1.165) is 20.6 Å². The molecule has 5 nitrogen and oxygen atoms in total. The first-order chi connectivity index (χ1) is 12.5. The van der Waals surface area contributed by atoms with Crippen LogP contribution in [0.25, 0.3) is 22.9 Å². The number of thiazole rings is 1. The molecule has 1 heterocycles. The average molecular weight is 426 g/mol. The number of aryl methyl sites for hydroxylation is 1. The predicted molar refractivity (Wildman–Crippen MR) is 107 cm³/mol. The van der Waals surface area contributed by atoms with Gasteiger partial charge in [0.25, 0.3) is 5.69 Å². The number of nitro groups is 1. The maximum atomic E-state index is 10.9. The predicted octanol–water partition coefficient (Wildman–Crippen LogP) is 5.85. The Hall–Kier alpha value is -2.82. The quantitative estimate of drug-likeness (QED) is 0.298. The number of rotatable bonds is 4. The maximum Gasteiger partial charge on any atom is 0.270 e. The van der Waals surface area contributed by atoms with Crippen LogP contribution in [0, 0.1) is 28.4 Å².